The van der Waals surface area contributed by atoms with Gasteiger partial charge in [-0.3, -0.25) is 0 Å². The van der Waals surface area contributed by atoms with Gasteiger partial charge in [0.15, 0.2) is 0 Å². The van der Waals surface area contributed by atoms with Crippen molar-refractivity contribution in [3.63, 3.8) is 0 Å². The molecule has 0 amide bonds. The average molecular weight is 264 g/mol. The number of aromatic hydroxyl groups is 1. The normalized spacial score (nSPS) is 21.1. The monoisotopic (exact) mass is 264 g/mol. The topological polar surface area (TPSA) is 58.7 Å². The number of nitrogens with two attached hydrogens (primary N) is 1. The minimum absolute atomic E-state index is 0.147. The lowest BCUT2D eigenvalue weighted by molar-refractivity contribution is 0.0576. The van der Waals surface area contributed by atoms with Gasteiger partial charge in [-0.1, -0.05) is 6.07 Å². The van der Waals surface area contributed by atoms with E-state index in [0.717, 1.165) is 37.4 Å². The number of benzene rings is 1. The maximum atomic E-state index is 9.99. The number of phenols is 1. The van der Waals surface area contributed by atoms with E-state index in [1.54, 1.807) is 6.07 Å². The Balaban J connectivity index is 2.02. The minimum atomic E-state index is -0.147. The molecule has 0 aliphatic carbocycles. The molecule has 1 aromatic carbocycles. The summed E-state index contributed by atoms with van der Waals surface area (Å²) >= 11 is 0. The molecule has 0 spiro atoms. The van der Waals surface area contributed by atoms with E-state index < -0.39 is 0 Å². The Morgan fingerprint density at radius 3 is 2.89 bits per heavy atom. The Kier molecular flexibility index (Phi) is 4.66. The Labute approximate surface area is 115 Å². The Hall–Kier alpha value is -1.26. The van der Waals surface area contributed by atoms with Crippen LogP contribution in [-0.4, -0.2) is 31.9 Å². The second kappa shape index (κ2) is 6.26. The van der Waals surface area contributed by atoms with Gasteiger partial charge in [0, 0.05) is 43.6 Å². The maximum Gasteiger partial charge on any atom is 0.122 e. The van der Waals surface area contributed by atoms with Crippen LogP contribution in [0.25, 0.3) is 0 Å². The third-order valence-electron chi connectivity index (χ3n) is 3.73. The van der Waals surface area contributed by atoms with Gasteiger partial charge >= 0.3 is 0 Å². The molecule has 3 N–H and O–H groups in total. The van der Waals surface area contributed by atoms with Gasteiger partial charge in [0.05, 0.1) is 6.61 Å². The fraction of sp³-hybridized carbons (Fsp3) is 0.600. The van der Waals surface area contributed by atoms with Crippen molar-refractivity contribution in [1.29, 1.82) is 0 Å². The lowest BCUT2D eigenvalue weighted by Crippen LogP contribution is -2.30. The van der Waals surface area contributed by atoms with Crippen LogP contribution in [0.4, 0.5) is 5.69 Å². The molecule has 2 atom stereocenters. The van der Waals surface area contributed by atoms with E-state index in [2.05, 4.69) is 11.9 Å². The molecule has 0 bridgehead atoms. The molecule has 1 fully saturated rings. The summed E-state index contributed by atoms with van der Waals surface area (Å²) in [5, 5.41) is 9.99. The molecule has 106 valence electrons. The van der Waals surface area contributed by atoms with Crippen molar-refractivity contribution in [2.24, 2.45) is 11.7 Å². The molecule has 0 saturated carbocycles. The van der Waals surface area contributed by atoms with E-state index >= 15 is 0 Å². The van der Waals surface area contributed by atoms with E-state index in [1.807, 2.05) is 19.1 Å². The third kappa shape index (κ3) is 3.61. The van der Waals surface area contributed by atoms with Crippen molar-refractivity contribution < 1.29 is 9.84 Å². The zero-order valence-corrected chi connectivity index (χ0v) is 11.8. The van der Waals surface area contributed by atoms with Crippen LogP contribution < -0.4 is 10.6 Å². The number of ether oxygens (including phenoxy) is 1. The van der Waals surface area contributed by atoms with Crippen LogP contribution in [0.15, 0.2) is 18.2 Å². The Morgan fingerprint density at radius 1 is 1.53 bits per heavy atom. The van der Waals surface area contributed by atoms with Gasteiger partial charge in [-0.15, -0.1) is 0 Å². The van der Waals surface area contributed by atoms with Gasteiger partial charge < -0.3 is 20.5 Å². The third-order valence-corrected chi connectivity index (χ3v) is 3.73. The molecular weight excluding hydrogens is 240 g/mol. The van der Waals surface area contributed by atoms with E-state index in [-0.39, 0.29) is 11.8 Å². The summed E-state index contributed by atoms with van der Waals surface area (Å²) in [6.07, 6.45) is 2.36. The first kappa shape index (κ1) is 14.2. The first-order valence-corrected chi connectivity index (χ1v) is 6.95. The molecule has 2 rings (SSSR count). The van der Waals surface area contributed by atoms with Crippen molar-refractivity contribution >= 4 is 5.69 Å². The van der Waals surface area contributed by atoms with E-state index in [1.165, 1.54) is 6.42 Å². The van der Waals surface area contributed by atoms with E-state index in [9.17, 15) is 5.11 Å². The van der Waals surface area contributed by atoms with Gasteiger partial charge in [0.2, 0.25) is 0 Å². The highest BCUT2D eigenvalue weighted by Crippen LogP contribution is 2.28. The maximum absolute atomic E-state index is 9.99. The molecule has 4 heteroatoms. The quantitative estimate of drug-likeness (QED) is 0.876. The minimum Gasteiger partial charge on any atom is -0.508 e. The van der Waals surface area contributed by atoms with Gasteiger partial charge in [-0.25, -0.2) is 0 Å². The van der Waals surface area contributed by atoms with Crippen molar-refractivity contribution in [2.45, 2.75) is 25.8 Å². The zero-order chi connectivity index (χ0) is 13.8. The molecule has 1 aromatic rings. The van der Waals surface area contributed by atoms with Crippen molar-refractivity contribution in [2.75, 3.05) is 31.7 Å². The summed E-state index contributed by atoms with van der Waals surface area (Å²) in [4.78, 5) is 2.17. The first-order valence-electron chi connectivity index (χ1n) is 6.95. The van der Waals surface area contributed by atoms with E-state index in [4.69, 9.17) is 10.5 Å². The molecule has 0 radical (unpaired) electrons. The second-order valence-electron chi connectivity index (χ2n) is 5.50. The first-order chi connectivity index (χ1) is 9.08. The highest BCUT2D eigenvalue weighted by molar-refractivity contribution is 5.53. The Morgan fingerprint density at radius 2 is 2.32 bits per heavy atom. The molecular formula is C15H24N2O2. The fourth-order valence-electron chi connectivity index (χ4n) is 2.60. The SMILES string of the molecule is CC(N)c1ccc(N(C)CC2CCCOC2)cc1O. The highest BCUT2D eigenvalue weighted by Gasteiger charge is 2.17. The fourth-order valence-corrected chi connectivity index (χ4v) is 2.60. The zero-order valence-electron chi connectivity index (χ0n) is 11.8. The number of phenolic OH excluding ortho intramolecular Hbond substituents is 1. The van der Waals surface area contributed by atoms with Gasteiger partial charge in [0.25, 0.3) is 0 Å². The molecule has 0 aromatic heterocycles. The number of hydrogen-bond acceptors (Lipinski definition) is 4. The summed E-state index contributed by atoms with van der Waals surface area (Å²) in [5.74, 6) is 0.855. The van der Waals surface area contributed by atoms with Crippen molar-refractivity contribution in [3.05, 3.63) is 23.8 Å². The van der Waals surface area contributed by atoms with Crippen LogP contribution in [0.1, 0.15) is 31.4 Å². The van der Waals surface area contributed by atoms with Gasteiger partial charge in [0.1, 0.15) is 5.75 Å². The van der Waals surface area contributed by atoms with Crippen LogP contribution in [0.2, 0.25) is 0 Å². The van der Waals surface area contributed by atoms with Crippen LogP contribution >= 0.6 is 0 Å². The highest BCUT2D eigenvalue weighted by atomic mass is 16.5. The molecule has 1 aliphatic heterocycles. The number of rotatable bonds is 4. The van der Waals surface area contributed by atoms with Crippen LogP contribution in [0.5, 0.6) is 5.75 Å². The second-order valence-corrected chi connectivity index (χ2v) is 5.50. The van der Waals surface area contributed by atoms with Crippen molar-refractivity contribution in [1.82, 2.24) is 0 Å². The summed E-state index contributed by atoms with van der Waals surface area (Å²) < 4.78 is 5.50. The largest absolute Gasteiger partial charge is 0.508 e. The summed E-state index contributed by atoms with van der Waals surface area (Å²) in [6, 6.07) is 5.57. The molecule has 2 unspecified atom stereocenters. The molecule has 1 saturated heterocycles. The molecule has 19 heavy (non-hydrogen) atoms. The predicted octanol–water partition coefficient (Wildman–Crippen LogP) is 2.27. The smallest absolute Gasteiger partial charge is 0.122 e. The van der Waals surface area contributed by atoms with E-state index in [0.29, 0.717) is 5.92 Å². The van der Waals surface area contributed by atoms with Crippen molar-refractivity contribution in [3.8, 4) is 5.75 Å². The summed E-state index contributed by atoms with van der Waals surface area (Å²) in [7, 11) is 2.05. The van der Waals surface area contributed by atoms with Crippen LogP contribution in [0, 0.1) is 5.92 Å². The lowest BCUT2D eigenvalue weighted by Gasteiger charge is -2.28. The lowest BCUT2D eigenvalue weighted by atomic mass is 10.0. The van der Waals surface area contributed by atoms with Crippen LogP contribution in [0.3, 0.4) is 0 Å². The van der Waals surface area contributed by atoms with Crippen LogP contribution in [-0.2, 0) is 4.74 Å². The predicted molar refractivity (Wildman–Crippen MR) is 77.5 cm³/mol. The summed E-state index contributed by atoms with van der Waals surface area (Å²) in [6.45, 7) is 4.56. The van der Waals surface area contributed by atoms with Gasteiger partial charge in [-0.2, -0.15) is 0 Å². The van der Waals surface area contributed by atoms with Gasteiger partial charge in [-0.05, 0) is 31.7 Å². The summed E-state index contributed by atoms with van der Waals surface area (Å²) in [5.41, 5.74) is 7.61. The number of anilines is 1. The molecule has 1 heterocycles. The molecule has 1 aliphatic rings. The number of hydrogen-bond donors (Lipinski definition) is 2. The standard InChI is InChI=1S/C15H24N2O2/c1-11(16)14-6-5-13(8-15(14)18)17(2)9-12-4-3-7-19-10-12/h5-6,8,11-12,18H,3-4,7,9-10,16H2,1-2H3. The number of nitrogens with zero attached hydrogens (tertiary/aromatic N) is 1. The molecule has 4 nitrogen and oxygen atoms in total. The average Bonchev–Trinajstić information content (AvgIpc) is 2.39. The Bertz CT molecular complexity index is 415.